The topological polar surface area (TPSA) is 82.8 Å². The van der Waals surface area contributed by atoms with E-state index in [9.17, 15) is 9.59 Å². The second-order valence-electron chi connectivity index (χ2n) is 4.53. The molecule has 1 unspecified atom stereocenters. The SMILES string of the molecule is Cc1occc1C(=O)NCC(=O)N(C)CCC(C)O. The smallest absolute Gasteiger partial charge is 0.255 e. The van der Waals surface area contributed by atoms with E-state index in [1.807, 2.05) is 0 Å². The molecule has 0 spiro atoms. The Morgan fingerprint density at radius 3 is 2.74 bits per heavy atom. The Hall–Kier alpha value is -1.82. The lowest BCUT2D eigenvalue weighted by Gasteiger charge is -2.18. The number of hydrogen-bond acceptors (Lipinski definition) is 4. The third kappa shape index (κ3) is 4.75. The molecular weight excluding hydrogens is 248 g/mol. The number of rotatable bonds is 6. The van der Waals surface area contributed by atoms with Gasteiger partial charge in [-0.15, -0.1) is 0 Å². The first kappa shape index (κ1) is 15.2. The molecule has 2 N–H and O–H groups in total. The largest absolute Gasteiger partial charge is 0.469 e. The maximum atomic E-state index is 11.7. The zero-order chi connectivity index (χ0) is 14.4. The predicted octanol–water partition coefficient (Wildman–Crippen LogP) is 0.547. The summed E-state index contributed by atoms with van der Waals surface area (Å²) in [7, 11) is 1.64. The Morgan fingerprint density at radius 1 is 1.53 bits per heavy atom. The van der Waals surface area contributed by atoms with Crippen LogP contribution in [0.2, 0.25) is 0 Å². The molecule has 2 amide bonds. The number of aryl methyl sites for hydroxylation is 1. The summed E-state index contributed by atoms with van der Waals surface area (Å²) in [6.07, 6.45) is 1.50. The van der Waals surface area contributed by atoms with Crippen LogP contribution in [0.3, 0.4) is 0 Å². The standard InChI is InChI=1S/C13H20N2O4/c1-9(16)4-6-15(3)12(17)8-14-13(18)11-5-7-19-10(11)2/h5,7,9,16H,4,6,8H2,1-3H3,(H,14,18). The molecule has 1 aromatic rings. The molecule has 6 heteroatoms. The third-order valence-corrected chi connectivity index (χ3v) is 2.81. The minimum atomic E-state index is -0.446. The summed E-state index contributed by atoms with van der Waals surface area (Å²) in [5.74, 6) is -0.00826. The first-order valence-electron chi connectivity index (χ1n) is 6.16. The first-order valence-corrected chi connectivity index (χ1v) is 6.16. The molecule has 106 valence electrons. The highest BCUT2D eigenvalue weighted by Crippen LogP contribution is 2.07. The van der Waals surface area contributed by atoms with Crippen molar-refractivity contribution in [2.24, 2.45) is 0 Å². The molecule has 6 nitrogen and oxygen atoms in total. The molecule has 0 aromatic carbocycles. The lowest BCUT2D eigenvalue weighted by molar-refractivity contribution is -0.129. The second-order valence-corrected chi connectivity index (χ2v) is 4.53. The molecule has 0 aliphatic carbocycles. The molecule has 0 fully saturated rings. The number of aliphatic hydroxyl groups excluding tert-OH is 1. The zero-order valence-electron chi connectivity index (χ0n) is 11.5. The van der Waals surface area contributed by atoms with Gasteiger partial charge in [-0.2, -0.15) is 0 Å². The van der Waals surface area contributed by atoms with Crippen LogP contribution in [0.15, 0.2) is 16.7 Å². The Kier molecular flexibility index (Phi) is 5.57. The van der Waals surface area contributed by atoms with Crippen LogP contribution in [-0.2, 0) is 4.79 Å². The van der Waals surface area contributed by atoms with E-state index >= 15 is 0 Å². The fraction of sp³-hybridized carbons (Fsp3) is 0.538. The van der Waals surface area contributed by atoms with Crippen molar-refractivity contribution in [1.82, 2.24) is 10.2 Å². The van der Waals surface area contributed by atoms with Gasteiger partial charge in [0.15, 0.2) is 0 Å². The van der Waals surface area contributed by atoms with E-state index in [2.05, 4.69) is 5.32 Å². The van der Waals surface area contributed by atoms with E-state index in [-0.39, 0.29) is 18.4 Å². The number of aliphatic hydroxyl groups is 1. The van der Waals surface area contributed by atoms with E-state index in [1.165, 1.54) is 11.2 Å². The predicted molar refractivity (Wildman–Crippen MR) is 69.7 cm³/mol. The van der Waals surface area contributed by atoms with Crippen molar-refractivity contribution >= 4 is 11.8 Å². The second kappa shape index (κ2) is 6.94. The number of furan rings is 1. The van der Waals surface area contributed by atoms with Gasteiger partial charge in [0.1, 0.15) is 5.76 Å². The highest BCUT2D eigenvalue weighted by molar-refractivity contribution is 5.97. The minimum Gasteiger partial charge on any atom is -0.469 e. The van der Waals surface area contributed by atoms with E-state index in [4.69, 9.17) is 9.52 Å². The minimum absolute atomic E-state index is 0.0697. The highest BCUT2D eigenvalue weighted by Gasteiger charge is 2.14. The van der Waals surface area contributed by atoms with Crippen molar-refractivity contribution in [2.45, 2.75) is 26.4 Å². The van der Waals surface area contributed by atoms with Gasteiger partial charge in [0.2, 0.25) is 5.91 Å². The number of carbonyl (C=O) groups excluding carboxylic acids is 2. The fourth-order valence-corrected chi connectivity index (χ4v) is 1.51. The Labute approximate surface area is 112 Å². The number of nitrogens with one attached hydrogen (secondary N) is 1. The maximum Gasteiger partial charge on any atom is 0.255 e. The fourth-order valence-electron chi connectivity index (χ4n) is 1.51. The molecule has 0 saturated heterocycles. The summed E-state index contributed by atoms with van der Waals surface area (Å²) in [5.41, 5.74) is 0.430. The van der Waals surface area contributed by atoms with E-state index in [0.29, 0.717) is 24.3 Å². The third-order valence-electron chi connectivity index (χ3n) is 2.81. The van der Waals surface area contributed by atoms with Crippen LogP contribution < -0.4 is 5.32 Å². The van der Waals surface area contributed by atoms with Crippen LogP contribution in [0.1, 0.15) is 29.5 Å². The van der Waals surface area contributed by atoms with Crippen LogP contribution in [0, 0.1) is 6.92 Å². The number of likely N-dealkylation sites (N-methyl/N-ethyl adjacent to an activating group) is 1. The van der Waals surface area contributed by atoms with Crippen molar-refractivity contribution < 1.29 is 19.1 Å². The summed E-state index contributed by atoms with van der Waals surface area (Å²) in [6.45, 7) is 3.74. The molecule has 1 aromatic heterocycles. The molecule has 0 bridgehead atoms. The van der Waals surface area contributed by atoms with E-state index < -0.39 is 6.10 Å². The summed E-state index contributed by atoms with van der Waals surface area (Å²) >= 11 is 0. The molecule has 19 heavy (non-hydrogen) atoms. The number of hydrogen-bond donors (Lipinski definition) is 2. The zero-order valence-corrected chi connectivity index (χ0v) is 11.5. The lowest BCUT2D eigenvalue weighted by Crippen LogP contribution is -2.39. The number of nitrogens with zero attached hydrogens (tertiary/aromatic N) is 1. The summed E-state index contributed by atoms with van der Waals surface area (Å²) in [5, 5.41) is 11.7. The quantitative estimate of drug-likeness (QED) is 0.789. The van der Waals surface area contributed by atoms with Gasteiger partial charge < -0.3 is 19.7 Å². The average molecular weight is 268 g/mol. The normalized spacial score (nSPS) is 12.0. The van der Waals surface area contributed by atoms with Crippen LogP contribution in [-0.4, -0.2) is 48.1 Å². The monoisotopic (exact) mass is 268 g/mol. The van der Waals surface area contributed by atoms with Gasteiger partial charge in [-0.05, 0) is 26.3 Å². The van der Waals surface area contributed by atoms with Crippen molar-refractivity contribution in [3.05, 3.63) is 23.7 Å². The van der Waals surface area contributed by atoms with Crippen molar-refractivity contribution in [3.8, 4) is 0 Å². The summed E-state index contributed by atoms with van der Waals surface area (Å²) < 4.78 is 5.02. The van der Waals surface area contributed by atoms with Gasteiger partial charge in [-0.25, -0.2) is 0 Å². The first-order chi connectivity index (χ1) is 8.91. The van der Waals surface area contributed by atoms with Gasteiger partial charge in [0.25, 0.3) is 5.91 Å². The molecule has 0 radical (unpaired) electrons. The lowest BCUT2D eigenvalue weighted by atomic mass is 10.2. The maximum absolute atomic E-state index is 11.7. The molecule has 0 aliphatic heterocycles. The summed E-state index contributed by atoms with van der Waals surface area (Å²) in [6, 6.07) is 1.56. The molecule has 1 heterocycles. The van der Waals surface area contributed by atoms with Crippen LogP contribution >= 0.6 is 0 Å². The molecule has 1 atom stereocenters. The van der Waals surface area contributed by atoms with Crippen molar-refractivity contribution in [3.63, 3.8) is 0 Å². The van der Waals surface area contributed by atoms with Gasteiger partial charge >= 0.3 is 0 Å². The highest BCUT2D eigenvalue weighted by atomic mass is 16.3. The molecular formula is C13H20N2O4. The van der Waals surface area contributed by atoms with Crippen LogP contribution in [0.5, 0.6) is 0 Å². The van der Waals surface area contributed by atoms with Crippen molar-refractivity contribution in [1.29, 1.82) is 0 Å². The Bertz CT molecular complexity index is 440. The van der Waals surface area contributed by atoms with Gasteiger partial charge in [0, 0.05) is 13.6 Å². The number of carbonyl (C=O) groups is 2. The van der Waals surface area contributed by atoms with Crippen LogP contribution in [0.25, 0.3) is 0 Å². The van der Waals surface area contributed by atoms with Gasteiger partial charge in [0.05, 0.1) is 24.5 Å². The summed E-state index contributed by atoms with van der Waals surface area (Å²) in [4.78, 5) is 24.9. The van der Waals surface area contributed by atoms with Crippen LogP contribution in [0.4, 0.5) is 0 Å². The van der Waals surface area contributed by atoms with Gasteiger partial charge in [-0.3, -0.25) is 9.59 Å². The molecule has 0 saturated carbocycles. The number of amides is 2. The van der Waals surface area contributed by atoms with E-state index in [1.54, 1.807) is 27.0 Å². The Balaban J connectivity index is 2.38. The van der Waals surface area contributed by atoms with Crippen molar-refractivity contribution in [2.75, 3.05) is 20.1 Å². The molecule has 1 rings (SSSR count). The van der Waals surface area contributed by atoms with Gasteiger partial charge in [-0.1, -0.05) is 0 Å². The Morgan fingerprint density at radius 2 is 2.21 bits per heavy atom. The van der Waals surface area contributed by atoms with E-state index in [0.717, 1.165) is 0 Å². The average Bonchev–Trinajstić information content (AvgIpc) is 2.78. The molecule has 0 aliphatic rings.